The summed E-state index contributed by atoms with van der Waals surface area (Å²) in [5, 5.41) is 1.34. The minimum absolute atomic E-state index is 0.205. The second kappa shape index (κ2) is 4.45. The van der Waals surface area contributed by atoms with Crippen molar-refractivity contribution in [1.29, 1.82) is 0 Å². The lowest BCUT2D eigenvalue weighted by molar-refractivity contribution is 0.161. The molecule has 0 N–H and O–H groups in total. The summed E-state index contributed by atoms with van der Waals surface area (Å²) < 4.78 is 6.45. The van der Waals surface area contributed by atoms with Crippen LogP contribution in [0, 0.1) is 6.92 Å². The van der Waals surface area contributed by atoms with Crippen LogP contribution in [0.4, 0.5) is 4.79 Å². The summed E-state index contributed by atoms with van der Waals surface area (Å²) in [6.07, 6.45) is 4.38. The molecule has 0 aliphatic heterocycles. The van der Waals surface area contributed by atoms with Crippen molar-refractivity contribution in [3.8, 4) is 0 Å². The van der Waals surface area contributed by atoms with Crippen molar-refractivity contribution >= 4 is 6.09 Å². The number of aryl methyl sites for hydroxylation is 1. The fourth-order valence-corrected chi connectivity index (χ4v) is 1.00. The van der Waals surface area contributed by atoms with Crippen molar-refractivity contribution in [2.45, 2.75) is 6.92 Å². The summed E-state index contributed by atoms with van der Waals surface area (Å²) in [6, 6.07) is 0. The van der Waals surface area contributed by atoms with Crippen molar-refractivity contribution in [2.75, 3.05) is 18.7 Å². The summed E-state index contributed by atoms with van der Waals surface area (Å²) in [5.74, 6) is 0.725. The van der Waals surface area contributed by atoms with Crippen LogP contribution >= 0.6 is 0 Å². The Kier molecular flexibility index (Phi) is 3.28. The highest BCUT2D eigenvalue weighted by atomic mass is 16.6. The van der Waals surface area contributed by atoms with Crippen LogP contribution in [0.3, 0.4) is 0 Å². The smallest absolute Gasteiger partial charge is 0.429 e. The molecule has 0 unspecified atom stereocenters. The molecular weight excluding hydrogens is 182 g/mol. The highest BCUT2D eigenvalue weighted by molar-refractivity contribution is 5.78. The van der Waals surface area contributed by atoms with Crippen LogP contribution in [0.1, 0.15) is 5.82 Å². The number of amides is 1. The van der Waals surface area contributed by atoms with E-state index in [0.717, 1.165) is 5.82 Å². The van der Waals surface area contributed by atoms with E-state index in [1.54, 1.807) is 31.0 Å². The van der Waals surface area contributed by atoms with Gasteiger partial charge in [0.15, 0.2) is 0 Å². The van der Waals surface area contributed by atoms with Crippen molar-refractivity contribution in [3.05, 3.63) is 30.9 Å². The number of hydrogen-bond donors (Lipinski definition) is 0. The molecule has 0 atom stereocenters. The van der Waals surface area contributed by atoms with E-state index in [1.807, 2.05) is 0 Å². The number of carbonyl (C=O) groups excluding carboxylic acids is 1. The molecule has 76 valence electrons. The molecule has 0 fully saturated rings. The van der Waals surface area contributed by atoms with Gasteiger partial charge in [-0.15, -0.1) is 0 Å². The van der Waals surface area contributed by atoms with E-state index in [4.69, 9.17) is 4.74 Å². The number of imidazole rings is 1. The molecule has 0 aromatic carbocycles. The van der Waals surface area contributed by atoms with Gasteiger partial charge in [-0.25, -0.2) is 19.5 Å². The molecule has 1 rings (SSSR count). The molecule has 14 heavy (non-hydrogen) atoms. The number of carbonyl (C=O) groups is 1. The van der Waals surface area contributed by atoms with Crippen molar-refractivity contribution in [2.24, 2.45) is 0 Å². The van der Waals surface area contributed by atoms with E-state index in [1.165, 1.54) is 11.1 Å². The Morgan fingerprint density at radius 1 is 1.86 bits per heavy atom. The van der Waals surface area contributed by atoms with Crippen molar-refractivity contribution in [3.63, 3.8) is 0 Å². The molecule has 0 aliphatic rings. The van der Waals surface area contributed by atoms with Crippen LogP contribution in [-0.4, -0.2) is 29.4 Å². The lowest BCUT2D eigenvalue weighted by Crippen LogP contribution is -2.37. The van der Waals surface area contributed by atoms with E-state index < -0.39 is 6.09 Å². The van der Waals surface area contributed by atoms with Crippen LogP contribution in [0.5, 0.6) is 0 Å². The Bertz CT molecular complexity index is 333. The summed E-state index contributed by atoms with van der Waals surface area (Å²) in [6.45, 7) is 5.47. The molecule has 1 heterocycles. The minimum Gasteiger partial charge on any atom is -0.444 e. The molecule has 0 saturated carbocycles. The summed E-state index contributed by atoms with van der Waals surface area (Å²) in [7, 11) is 1.61. The number of rotatable bonds is 3. The van der Waals surface area contributed by atoms with Crippen LogP contribution in [0.25, 0.3) is 0 Å². The molecule has 1 aromatic heterocycles. The maximum atomic E-state index is 11.4. The second-order valence-electron chi connectivity index (χ2n) is 2.71. The van der Waals surface area contributed by atoms with Gasteiger partial charge in [0, 0.05) is 19.4 Å². The van der Waals surface area contributed by atoms with Gasteiger partial charge >= 0.3 is 6.09 Å². The predicted molar refractivity (Wildman–Crippen MR) is 52.7 cm³/mol. The topological polar surface area (TPSA) is 47.4 Å². The van der Waals surface area contributed by atoms with Gasteiger partial charge in [0.05, 0.1) is 0 Å². The van der Waals surface area contributed by atoms with Crippen LogP contribution < -0.4 is 5.01 Å². The summed E-state index contributed by atoms with van der Waals surface area (Å²) in [4.78, 5) is 15.4. The normalized spacial score (nSPS) is 9.57. The van der Waals surface area contributed by atoms with Gasteiger partial charge in [0.2, 0.25) is 0 Å². The molecule has 0 radical (unpaired) electrons. The van der Waals surface area contributed by atoms with Crippen LogP contribution in [0.15, 0.2) is 25.0 Å². The Morgan fingerprint density at radius 2 is 2.57 bits per heavy atom. The predicted octanol–water partition coefficient (Wildman–Crippen LogP) is 1.08. The molecule has 0 saturated heterocycles. The fraction of sp³-hybridized carbons (Fsp3) is 0.333. The molecule has 1 aromatic rings. The van der Waals surface area contributed by atoms with Gasteiger partial charge in [0.1, 0.15) is 12.4 Å². The maximum absolute atomic E-state index is 11.4. The van der Waals surface area contributed by atoms with E-state index in [0.29, 0.717) is 0 Å². The van der Waals surface area contributed by atoms with Gasteiger partial charge in [-0.1, -0.05) is 12.7 Å². The van der Waals surface area contributed by atoms with Gasteiger partial charge in [-0.05, 0) is 6.92 Å². The monoisotopic (exact) mass is 195 g/mol. The van der Waals surface area contributed by atoms with Crippen LogP contribution in [0.2, 0.25) is 0 Å². The quantitative estimate of drug-likeness (QED) is 0.678. The van der Waals surface area contributed by atoms with Crippen LogP contribution in [-0.2, 0) is 4.74 Å². The van der Waals surface area contributed by atoms with E-state index in [2.05, 4.69) is 11.6 Å². The number of hydrogen-bond acceptors (Lipinski definition) is 3. The summed E-state index contributed by atoms with van der Waals surface area (Å²) in [5.41, 5.74) is 0. The molecule has 5 heteroatoms. The molecular formula is C9H13N3O2. The molecule has 0 aliphatic carbocycles. The summed E-state index contributed by atoms with van der Waals surface area (Å²) >= 11 is 0. The van der Waals surface area contributed by atoms with Gasteiger partial charge in [-0.2, -0.15) is 0 Å². The Morgan fingerprint density at radius 3 is 3.07 bits per heavy atom. The standard InChI is InChI=1S/C9H13N3O2/c1-4-7-14-9(13)11(3)12-6-5-10-8(12)2/h4-6H,1,7H2,2-3H3. The molecule has 5 nitrogen and oxygen atoms in total. The average molecular weight is 195 g/mol. The highest BCUT2D eigenvalue weighted by Gasteiger charge is 2.12. The first-order valence-corrected chi connectivity index (χ1v) is 4.18. The SMILES string of the molecule is C=CCOC(=O)N(C)n1ccnc1C. The zero-order valence-electron chi connectivity index (χ0n) is 8.30. The van der Waals surface area contributed by atoms with Crippen molar-refractivity contribution in [1.82, 2.24) is 9.66 Å². The van der Waals surface area contributed by atoms with Gasteiger partial charge in [0.25, 0.3) is 0 Å². The first-order valence-electron chi connectivity index (χ1n) is 4.18. The van der Waals surface area contributed by atoms with Crippen molar-refractivity contribution < 1.29 is 9.53 Å². The lowest BCUT2D eigenvalue weighted by Gasteiger charge is -2.18. The van der Waals surface area contributed by atoms with Gasteiger partial charge in [-0.3, -0.25) is 0 Å². The number of ether oxygens (including phenoxy) is 1. The third-order valence-electron chi connectivity index (χ3n) is 1.71. The largest absolute Gasteiger partial charge is 0.444 e. The maximum Gasteiger partial charge on any atom is 0.429 e. The third-order valence-corrected chi connectivity index (χ3v) is 1.71. The molecule has 0 spiro atoms. The second-order valence-corrected chi connectivity index (χ2v) is 2.71. The Hall–Kier alpha value is -1.78. The third kappa shape index (κ3) is 2.12. The first kappa shape index (κ1) is 10.3. The molecule has 1 amide bonds. The Labute approximate surface area is 82.6 Å². The van der Waals surface area contributed by atoms with Gasteiger partial charge < -0.3 is 4.74 Å². The zero-order chi connectivity index (χ0) is 10.6. The first-order chi connectivity index (χ1) is 6.66. The zero-order valence-corrected chi connectivity index (χ0v) is 8.30. The highest BCUT2D eigenvalue weighted by Crippen LogP contribution is 1.97. The Balaban J connectivity index is 2.65. The van der Waals surface area contributed by atoms with E-state index in [9.17, 15) is 4.79 Å². The minimum atomic E-state index is -0.439. The average Bonchev–Trinajstić information content (AvgIpc) is 2.59. The number of nitrogens with zero attached hydrogens (tertiary/aromatic N) is 3. The molecule has 0 bridgehead atoms. The fourth-order valence-electron chi connectivity index (χ4n) is 1.00. The number of aromatic nitrogens is 2. The van der Waals surface area contributed by atoms with E-state index in [-0.39, 0.29) is 6.61 Å². The lowest BCUT2D eigenvalue weighted by atomic mass is 10.7. The van der Waals surface area contributed by atoms with E-state index >= 15 is 0 Å².